The van der Waals surface area contributed by atoms with Gasteiger partial charge in [0.25, 0.3) is 0 Å². The zero-order chi connectivity index (χ0) is 12.3. The van der Waals surface area contributed by atoms with Gasteiger partial charge in [0.05, 0.1) is 0 Å². The molecule has 0 saturated heterocycles. The Labute approximate surface area is 102 Å². The second-order valence-electron chi connectivity index (χ2n) is 4.33. The second-order valence-corrected chi connectivity index (χ2v) is 4.33. The van der Waals surface area contributed by atoms with Gasteiger partial charge in [-0.25, -0.2) is 0 Å². The highest BCUT2D eigenvalue weighted by Crippen LogP contribution is 2.22. The first-order valence-corrected chi connectivity index (χ1v) is 5.77. The number of rotatable bonds is 3. The number of benzene rings is 2. The van der Waals surface area contributed by atoms with Crippen LogP contribution < -0.4 is 5.32 Å². The van der Waals surface area contributed by atoms with Gasteiger partial charge in [0.1, 0.15) is 5.75 Å². The van der Waals surface area contributed by atoms with Crippen LogP contribution in [0.4, 0.5) is 5.69 Å². The molecule has 0 aliphatic heterocycles. The molecule has 88 valence electrons. The van der Waals surface area contributed by atoms with E-state index in [9.17, 15) is 5.11 Å². The summed E-state index contributed by atoms with van der Waals surface area (Å²) >= 11 is 0. The van der Waals surface area contributed by atoms with Gasteiger partial charge in [-0.15, -0.1) is 0 Å². The molecular formula is C15H17NO. The maximum Gasteiger partial charge on any atom is 0.117 e. The van der Waals surface area contributed by atoms with E-state index in [0.29, 0.717) is 0 Å². The first-order valence-electron chi connectivity index (χ1n) is 5.77. The molecule has 17 heavy (non-hydrogen) atoms. The molecule has 2 nitrogen and oxygen atoms in total. The van der Waals surface area contributed by atoms with Crippen LogP contribution in [0.15, 0.2) is 48.5 Å². The first kappa shape index (κ1) is 11.5. The van der Waals surface area contributed by atoms with Crippen LogP contribution in [0.25, 0.3) is 0 Å². The smallest absolute Gasteiger partial charge is 0.117 e. The zero-order valence-electron chi connectivity index (χ0n) is 10.1. The number of nitrogens with one attached hydrogen (secondary N) is 1. The van der Waals surface area contributed by atoms with Crippen LogP contribution in [0, 0.1) is 6.92 Å². The van der Waals surface area contributed by atoms with Crippen molar-refractivity contribution in [3.05, 3.63) is 59.7 Å². The fraction of sp³-hybridized carbons (Fsp3) is 0.200. The summed E-state index contributed by atoms with van der Waals surface area (Å²) in [6.45, 7) is 4.19. The molecule has 2 aromatic carbocycles. The lowest BCUT2D eigenvalue weighted by atomic mass is 10.1. The lowest BCUT2D eigenvalue weighted by Gasteiger charge is -2.16. The molecule has 2 aromatic rings. The van der Waals surface area contributed by atoms with Crippen molar-refractivity contribution in [3.8, 4) is 5.75 Å². The minimum absolute atomic E-state index is 0.220. The summed E-state index contributed by atoms with van der Waals surface area (Å²) in [5.41, 5.74) is 3.43. The molecule has 2 heteroatoms. The summed E-state index contributed by atoms with van der Waals surface area (Å²) in [5, 5.41) is 12.8. The van der Waals surface area contributed by atoms with Crippen molar-refractivity contribution in [1.29, 1.82) is 0 Å². The van der Waals surface area contributed by atoms with Gasteiger partial charge in [-0.05, 0) is 31.5 Å². The average Bonchev–Trinajstić information content (AvgIpc) is 2.29. The van der Waals surface area contributed by atoms with Gasteiger partial charge in [0.2, 0.25) is 0 Å². The number of phenolic OH excluding ortho intramolecular Hbond substituents is 1. The van der Waals surface area contributed by atoms with Crippen LogP contribution in [0.5, 0.6) is 5.75 Å². The van der Waals surface area contributed by atoms with Crippen molar-refractivity contribution in [2.75, 3.05) is 5.32 Å². The van der Waals surface area contributed by atoms with E-state index in [2.05, 4.69) is 43.4 Å². The topological polar surface area (TPSA) is 32.3 Å². The lowest BCUT2D eigenvalue weighted by molar-refractivity contribution is 0.475. The van der Waals surface area contributed by atoms with Crippen molar-refractivity contribution in [2.45, 2.75) is 19.9 Å². The van der Waals surface area contributed by atoms with Crippen LogP contribution in [0.3, 0.4) is 0 Å². The lowest BCUT2D eigenvalue weighted by Crippen LogP contribution is -2.06. The average molecular weight is 227 g/mol. The molecule has 0 saturated carbocycles. The SMILES string of the molecule is Cc1ccc(C(C)Nc2cccc(O)c2)cc1. The number of anilines is 1. The molecule has 0 aliphatic carbocycles. The molecule has 2 N–H and O–H groups in total. The molecular weight excluding hydrogens is 210 g/mol. The summed E-state index contributed by atoms with van der Waals surface area (Å²) in [4.78, 5) is 0. The first-order chi connectivity index (χ1) is 8.15. The van der Waals surface area contributed by atoms with Crippen LogP contribution in [0.1, 0.15) is 24.1 Å². The molecule has 2 rings (SSSR count). The number of aromatic hydroxyl groups is 1. The third-order valence-electron chi connectivity index (χ3n) is 2.81. The van der Waals surface area contributed by atoms with E-state index < -0.39 is 0 Å². The summed E-state index contributed by atoms with van der Waals surface area (Å²) < 4.78 is 0. The van der Waals surface area contributed by atoms with E-state index in [0.717, 1.165) is 5.69 Å². The van der Waals surface area contributed by atoms with E-state index in [1.165, 1.54) is 11.1 Å². The van der Waals surface area contributed by atoms with Crippen LogP contribution in [-0.4, -0.2) is 5.11 Å². The highest BCUT2D eigenvalue weighted by molar-refractivity contribution is 5.49. The van der Waals surface area contributed by atoms with Gasteiger partial charge in [0, 0.05) is 17.8 Å². The second kappa shape index (κ2) is 4.91. The Morgan fingerprint density at radius 3 is 2.41 bits per heavy atom. The van der Waals surface area contributed by atoms with Crippen molar-refractivity contribution in [1.82, 2.24) is 0 Å². The molecule has 0 bridgehead atoms. The minimum Gasteiger partial charge on any atom is -0.508 e. The summed E-state index contributed by atoms with van der Waals surface area (Å²) in [5.74, 6) is 0.283. The Hall–Kier alpha value is -1.96. The van der Waals surface area contributed by atoms with Crippen molar-refractivity contribution in [2.24, 2.45) is 0 Å². The number of aryl methyl sites for hydroxylation is 1. The third kappa shape index (κ3) is 3.00. The number of phenols is 1. The van der Waals surface area contributed by atoms with Crippen molar-refractivity contribution in [3.63, 3.8) is 0 Å². The summed E-state index contributed by atoms with van der Waals surface area (Å²) in [6.07, 6.45) is 0. The molecule has 0 heterocycles. The molecule has 1 unspecified atom stereocenters. The molecule has 0 amide bonds. The van der Waals surface area contributed by atoms with E-state index in [1.54, 1.807) is 12.1 Å². The normalized spacial score (nSPS) is 12.1. The Kier molecular flexibility index (Phi) is 3.33. The minimum atomic E-state index is 0.220. The van der Waals surface area contributed by atoms with Gasteiger partial charge < -0.3 is 10.4 Å². The van der Waals surface area contributed by atoms with Gasteiger partial charge >= 0.3 is 0 Å². The number of hydrogen-bond acceptors (Lipinski definition) is 2. The van der Waals surface area contributed by atoms with E-state index in [-0.39, 0.29) is 11.8 Å². The fourth-order valence-corrected chi connectivity index (χ4v) is 1.78. The Bertz CT molecular complexity index is 491. The maximum absolute atomic E-state index is 9.39. The molecule has 0 aliphatic rings. The van der Waals surface area contributed by atoms with E-state index in [4.69, 9.17) is 0 Å². The monoisotopic (exact) mass is 227 g/mol. The van der Waals surface area contributed by atoms with Crippen molar-refractivity contribution >= 4 is 5.69 Å². The molecule has 0 radical (unpaired) electrons. The largest absolute Gasteiger partial charge is 0.508 e. The summed E-state index contributed by atoms with van der Waals surface area (Å²) in [7, 11) is 0. The Morgan fingerprint density at radius 1 is 1.06 bits per heavy atom. The maximum atomic E-state index is 9.39. The predicted octanol–water partition coefficient (Wildman–Crippen LogP) is 3.87. The Balaban J connectivity index is 2.11. The van der Waals surface area contributed by atoms with Crippen LogP contribution >= 0.6 is 0 Å². The quantitative estimate of drug-likeness (QED) is 0.834. The van der Waals surface area contributed by atoms with Gasteiger partial charge in [-0.1, -0.05) is 35.9 Å². The van der Waals surface area contributed by atoms with Gasteiger partial charge in [-0.3, -0.25) is 0 Å². The molecule has 0 aromatic heterocycles. The Morgan fingerprint density at radius 2 is 1.76 bits per heavy atom. The highest BCUT2D eigenvalue weighted by atomic mass is 16.3. The number of hydrogen-bond donors (Lipinski definition) is 2. The van der Waals surface area contributed by atoms with E-state index >= 15 is 0 Å². The summed E-state index contributed by atoms with van der Waals surface area (Å²) in [6, 6.07) is 15.9. The van der Waals surface area contributed by atoms with Crippen molar-refractivity contribution < 1.29 is 5.11 Å². The highest BCUT2D eigenvalue weighted by Gasteiger charge is 2.04. The fourth-order valence-electron chi connectivity index (χ4n) is 1.78. The van der Waals surface area contributed by atoms with Crippen LogP contribution in [-0.2, 0) is 0 Å². The standard InChI is InChI=1S/C15H17NO/c1-11-6-8-13(9-7-11)12(2)16-14-4-3-5-15(17)10-14/h3-10,12,16-17H,1-2H3. The van der Waals surface area contributed by atoms with Gasteiger partial charge in [0.15, 0.2) is 0 Å². The zero-order valence-corrected chi connectivity index (χ0v) is 10.1. The van der Waals surface area contributed by atoms with E-state index in [1.807, 2.05) is 12.1 Å². The molecule has 0 fully saturated rings. The van der Waals surface area contributed by atoms with Crippen LogP contribution in [0.2, 0.25) is 0 Å². The predicted molar refractivity (Wildman–Crippen MR) is 71.3 cm³/mol. The molecule has 0 spiro atoms. The molecule has 1 atom stereocenters. The van der Waals surface area contributed by atoms with Gasteiger partial charge in [-0.2, -0.15) is 0 Å². The third-order valence-corrected chi connectivity index (χ3v) is 2.81.